The molecule has 2 aliphatic carbocycles. The average molecular weight is 467 g/mol. The summed E-state index contributed by atoms with van der Waals surface area (Å²) in [6.07, 6.45) is 6.50. The van der Waals surface area contributed by atoms with Gasteiger partial charge in [0.15, 0.2) is 0 Å². The van der Waals surface area contributed by atoms with Crippen LogP contribution in [0.5, 0.6) is 0 Å². The molecule has 2 aliphatic rings. The molecule has 0 fully saturated rings. The first-order valence-corrected chi connectivity index (χ1v) is 12.3. The van der Waals surface area contributed by atoms with Gasteiger partial charge in [0, 0.05) is 5.41 Å². The minimum absolute atomic E-state index is 0.0914. The Labute approximate surface area is 204 Å². The molecular weight excluding hydrogens is 438 g/mol. The van der Waals surface area contributed by atoms with Crippen molar-refractivity contribution in [3.63, 3.8) is 0 Å². The fourth-order valence-electron chi connectivity index (χ4n) is 6.22. The number of halogens is 2. The van der Waals surface area contributed by atoms with Crippen LogP contribution in [0, 0.1) is 11.6 Å². The van der Waals surface area contributed by atoms with Crippen LogP contribution in [0.3, 0.4) is 0 Å². The van der Waals surface area contributed by atoms with E-state index in [1.807, 2.05) is 12.1 Å². The van der Waals surface area contributed by atoms with Crippen molar-refractivity contribution < 1.29 is 8.78 Å². The number of hydrogen-bond donors (Lipinski definition) is 2. The molecule has 0 heterocycles. The number of aryl methyl sites for hydroxylation is 2. The zero-order chi connectivity index (χ0) is 24.2. The summed E-state index contributed by atoms with van der Waals surface area (Å²) >= 11 is 0. The molecule has 4 aromatic rings. The summed E-state index contributed by atoms with van der Waals surface area (Å²) < 4.78 is 28.5. The minimum Gasteiger partial charge on any atom is -0.396 e. The van der Waals surface area contributed by atoms with Gasteiger partial charge >= 0.3 is 0 Å². The molecule has 0 aromatic heterocycles. The highest BCUT2D eigenvalue weighted by Crippen LogP contribution is 2.51. The van der Waals surface area contributed by atoms with Crippen LogP contribution in [0.15, 0.2) is 72.8 Å². The second-order valence-electron chi connectivity index (χ2n) is 10.0. The third-order valence-electron chi connectivity index (χ3n) is 8.02. The molecule has 0 amide bonds. The lowest BCUT2D eigenvalue weighted by Crippen LogP contribution is -2.36. The van der Waals surface area contributed by atoms with Crippen molar-refractivity contribution in [2.75, 3.05) is 11.5 Å². The van der Waals surface area contributed by atoms with Gasteiger partial charge in [0.2, 0.25) is 0 Å². The topological polar surface area (TPSA) is 52.0 Å². The number of benzene rings is 4. The Balaban J connectivity index is 1.51. The van der Waals surface area contributed by atoms with Crippen molar-refractivity contribution in [1.82, 2.24) is 0 Å². The molecule has 0 saturated carbocycles. The third kappa shape index (κ3) is 3.59. The average Bonchev–Trinajstić information content (AvgIpc) is 2.87. The van der Waals surface area contributed by atoms with Crippen molar-refractivity contribution >= 4 is 11.4 Å². The molecule has 0 aliphatic heterocycles. The number of rotatable bonds is 2. The molecule has 1 spiro atoms. The van der Waals surface area contributed by atoms with Crippen LogP contribution in [0.4, 0.5) is 20.2 Å². The van der Waals surface area contributed by atoms with Crippen LogP contribution < -0.4 is 11.5 Å². The van der Waals surface area contributed by atoms with Crippen LogP contribution >= 0.6 is 0 Å². The van der Waals surface area contributed by atoms with Crippen LogP contribution in [0.2, 0.25) is 0 Å². The van der Waals surface area contributed by atoms with Gasteiger partial charge in [-0.2, -0.15) is 0 Å². The highest BCUT2D eigenvalue weighted by atomic mass is 19.1. The lowest BCUT2D eigenvalue weighted by Gasteiger charge is -2.44. The molecule has 0 bridgehead atoms. The fraction of sp³-hybridized carbons (Fsp3) is 0.226. The SMILES string of the molecule is Nc1ccc(-c2ccc3c(c2)C2(CCC3)CCCc3ccc(-c4ccc(N)c(F)c4)cc32)cc1F. The van der Waals surface area contributed by atoms with Gasteiger partial charge in [-0.1, -0.05) is 36.4 Å². The largest absolute Gasteiger partial charge is 0.396 e. The maximum atomic E-state index is 14.2. The summed E-state index contributed by atoms with van der Waals surface area (Å²) in [6, 6.07) is 23.2. The monoisotopic (exact) mass is 466 g/mol. The smallest absolute Gasteiger partial charge is 0.146 e. The van der Waals surface area contributed by atoms with Crippen molar-refractivity contribution in [3.05, 3.63) is 107 Å². The van der Waals surface area contributed by atoms with Crippen molar-refractivity contribution in [3.8, 4) is 22.3 Å². The quantitative estimate of drug-likeness (QED) is 0.302. The first-order valence-electron chi connectivity index (χ1n) is 12.3. The summed E-state index contributed by atoms with van der Waals surface area (Å²) in [5.74, 6) is -0.781. The lowest BCUT2D eigenvalue weighted by molar-refractivity contribution is 0.368. The maximum Gasteiger partial charge on any atom is 0.146 e. The molecule has 0 atom stereocenters. The summed E-state index contributed by atoms with van der Waals surface area (Å²) in [4.78, 5) is 0. The van der Waals surface area contributed by atoms with Crippen LogP contribution in [0.25, 0.3) is 22.3 Å². The van der Waals surface area contributed by atoms with Crippen molar-refractivity contribution in [2.24, 2.45) is 0 Å². The zero-order valence-electron chi connectivity index (χ0n) is 19.6. The second kappa shape index (κ2) is 8.23. The van der Waals surface area contributed by atoms with E-state index >= 15 is 0 Å². The molecule has 2 nitrogen and oxygen atoms in total. The van der Waals surface area contributed by atoms with Gasteiger partial charge in [0.05, 0.1) is 11.4 Å². The fourth-order valence-corrected chi connectivity index (χ4v) is 6.22. The standard InChI is InChI=1S/C31H28F2N2/c32-27-17-23(9-11-29(27)34)21-7-5-19-3-1-13-31(25(19)15-21)14-2-4-20-6-8-22(16-26(20)31)24-10-12-30(35)28(33)18-24/h5-12,15-18H,1-4,13-14,34-35H2. The molecule has 0 saturated heterocycles. The first kappa shape index (κ1) is 21.8. The summed E-state index contributed by atoms with van der Waals surface area (Å²) in [7, 11) is 0. The Bertz CT molecular complexity index is 1350. The second-order valence-corrected chi connectivity index (χ2v) is 10.0. The van der Waals surface area contributed by atoms with E-state index in [0.717, 1.165) is 60.8 Å². The zero-order valence-corrected chi connectivity index (χ0v) is 19.6. The van der Waals surface area contributed by atoms with Gasteiger partial charge < -0.3 is 11.5 Å². The van der Waals surface area contributed by atoms with E-state index < -0.39 is 11.6 Å². The van der Waals surface area contributed by atoms with E-state index in [1.54, 1.807) is 12.1 Å². The predicted molar refractivity (Wildman–Crippen MR) is 139 cm³/mol. The number of nitrogens with two attached hydrogens (primary N) is 2. The molecule has 6 rings (SSSR count). The Morgan fingerprint density at radius 3 is 1.37 bits per heavy atom. The molecule has 0 unspecified atom stereocenters. The number of nitrogen functional groups attached to an aromatic ring is 2. The van der Waals surface area contributed by atoms with E-state index in [4.69, 9.17) is 11.5 Å². The van der Waals surface area contributed by atoms with E-state index in [1.165, 1.54) is 34.4 Å². The number of anilines is 2. The molecular formula is C31H28F2N2. The Morgan fingerprint density at radius 2 is 0.943 bits per heavy atom. The Kier molecular flexibility index (Phi) is 5.14. The van der Waals surface area contributed by atoms with E-state index in [9.17, 15) is 8.78 Å². The molecule has 4 N–H and O–H groups in total. The number of fused-ring (bicyclic) bond motifs is 4. The van der Waals surface area contributed by atoms with E-state index in [0.29, 0.717) is 0 Å². The Hall–Kier alpha value is -3.66. The highest BCUT2D eigenvalue weighted by Gasteiger charge is 2.41. The third-order valence-corrected chi connectivity index (χ3v) is 8.02. The molecule has 4 heteroatoms. The lowest BCUT2D eigenvalue weighted by atomic mass is 9.59. The maximum absolute atomic E-state index is 14.2. The van der Waals surface area contributed by atoms with Crippen LogP contribution in [0.1, 0.15) is 47.9 Å². The van der Waals surface area contributed by atoms with E-state index in [-0.39, 0.29) is 16.8 Å². The van der Waals surface area contributed by atoms with Gasteiger partial charge in [-0.15, -0.1) is 0 Å². The van der Waals surface area contributed by atoms with Crippen LogP contribution in [-0.2, 0) is 18.3 Å². The van der Waals surface area contributed by atoms with Crippen LogP contribution in [-0.4, -0.2) is 0 Å². The Morgan fingerprint density at radius 1 is 0.543 bits per heavy atom. The highest BCUT2D eigenvalue weighted by molar-refractivity contribution is 5.71. The summed E-state index contributed by atoms with van der Waals surface area (Å²) in [5, 5.41) is 0. The molecule has 35 heavy (non-hydrogen) atoms. The van der Waals surface area contributed by atoms with Crippen molar-refractivity contribution in [2.45, 2.75) is 43.9 Å². The summed E-state index contributed by atoms with van der Waals surface area (Å²) in [6.45, 7) is 0. The van der Waals surface area contributed by atoms with Gasteiger partial charge in [-0.3, -0.25) is 0 Å². The van der Waals surface area contributed by atoms with Gasteiger partial charge in [0.25, 0.3) is 0 Å². The minimum atomic E-state index is -0.390. The van der Waals surface area contributed by atoms with Gasteiger partial charge in [0.1, 0.15) is 11.6 Å². The van der Waals surface area contributed by atoms with Gasteiger partial charge in [-0.05, 0) is 119 Å². The number of hydrogen-bond acceptors (Lipinski definition) is 2. The van der Waals surface area contributed by atoms with Gasteiger partial charge in [-0.25, -0.2) is 8.78 Å². The summed E-state index contributed by atoms with van der Waals surface area (Å²) in [5.41, 5.74) is 20.8. The molecule has 176 valence electrons. The van der Waals surface area contributed by atoms with E-state index in [2.05, 4.69) is 36.4 Å². The molecule has 0 radical (unpaired) electrons. The normalized spacial score (nSPS) is 16.1. The first-order chi connectivity index (χ1) is 16.9. The van der Waals surface area contributed by atoms with Crippen molar-refractivity contribution in [1.29, 1.82) is 0 Å². The molecule has 4 aromatic carbocycles. The predicted octanol–water partition coefficient (Wildman–Crippen LogP) is 7.42.